The highest BCUT2D eigenvalue weighted by atomic mass is 16.5. The van der Waals surface area contributed by atoms with Gasteiger partial charge >= 0.3 is 6.03 Å². The van der Waals surface area contributed by atoms with Crippen LogP contribution in [0.15, 0.2) is 24.3 Å². The first kappa shape index (κ1) is 16.9. The van der Waals surface area contributed by atoms with Gasteiger partial charge < -0.3 is 14.5 Å². The predicted molar refractivity (Wildman–Crippen MR) is 93.6 cm³/mol. The number of urea groups is 1. The average molecular weight is 357 g/mol. The number of hydrogen-bond acceptors (Lipinski definition) is 4. The quantitative estimate of drug-likeness (QED) is 0.806. The van der Waals surface area contributed by atoms with Gasteiger partial charge in [-0.2, -0.15) is 0 Å². The van der Waals surface area contributed by atoms with Crippen LogP contribution in [0, 0.1) is 5.92 Å². The third-order valence-electron chi connectivity index (χ3n) is 5.85. The molecule has 3 aliphatic heterocycles. The molecule has 0 aliphatic carbocycles. The molecule has 3 aliphatic rings. The number of imide groups is 1. The first-order valence-corrected chi connectivity index (χ1v) is 9.17. The van der Waals surface area contributed by atoms with Crippen LogP contribution in [0.1, 0.15) is 25.3 Å². The Morgan fingerprint density at radius 3 is 2.73 bits per heavy atom. The van der Waals surface area contributed by atoms with Gasteiger partial charge in [-0.15, -0.1) is 0 Å². The number of likely N-dealkylation sites (tertiary alicyclic amines) is 1. The van der Waals surface area contributed by atoms with Gasteiger partial charge in [0, 0.05) is 19.6 Å². The summed E-state index contributed by atoms with van der Waals surface area (Å²) in [5.41, 5.74) is 0.265. The summed E-state index contributed by atoms with van der Waals surface area (Å²) in [7, 11) is 0. The maximum Gasteiger partial charge on any atom is 0.325 e. The number of benzene rings is 1. The van der Waals surface area contributed by atoms with Crippen LogP contribution in [0.25, 0.3) is 0 Å². The molecular weight excluding hydrogens is 334 g/mol. The van der Waals surface area contributed by atoms with Crippen molar-refractivity contribution in [3.05, 3.63) is 29.8 Å². The number of ether oxygens (including phenoxy) is 1. The van der Waals surface area contributed by atoms with Crippen LogP contribution in [-0.4, -0.2) is 59.4 Å². The first-order valence-electron chi connectivity index (χ1n) is 9.17. The number of rotatable bonds is 2. The summed E-state index contributed by atoms with van der Waals surface area (Å²) in [6.45, 7) is 3.70. The summed E-state index contributed by atoms with van der Waals surface area (Å²) in [6, 6.07) is 7.48. The van der Waals surface area contributed by atoms with E-state index in [4.69, 9.17) is 4.74 Å². The third kappa shape index (κ3) is 2.53. The van der Waals surface area contributed by atoms with Crippen molar-refractivity contribution in [1.29, 1.82) is 0 Å². The SMILES string of the molecule is CCN1C(=O)NC(=O)C12CCN(C(=O)C1COc3ccccc3C1)CC2. The number of nitrogens with zero attached hydrogens (tertiary/aromatic N) is 2. The molecule has 4 amide bonds. The number of amides is 4. The predicted octanol–water partition coefficient (Wildman–Crippen LogP) is 1.17. The van der Waals surface area contributed by atoms with E-state index in [1.54, 1.807) is 4.90 Å². The van der Waals surface area contributed by atoms with Crippen LogP contribution in [0.2, 0.25) is 0 Å². The van der Waals surface area contributed by atoms with E-state index >= 15 is 0 Å². The van der Waals surface area contributed by atoms with Crippen molar-refractivity contribution in [3.8, 4) is 5.75 Å². The molecule has 4 rings (SSSR count). The Bertz CT molecular complexity index is 755. The Kier molecular flexibility index (Phi) is 4.09. The standard InChI is InChI=1S/C19H23N3O4/c1-2-22-18(25)20-17(24)19(22)7-9-21(10-8-19)16(23)14-11-13-5-3-4-6-15(13)26-12-14/h3-6,14H,2,7-12H2,1H3,(H,20,24,25). The number of hydrogen-bond donors (Lipinski definition) is 1. The molecule has 7 heteroatoms. The second-order valence-electron chi connectivity index (χ2n) is 7.18. The second-order valence-corrected chi connectivity index (χ2v) is 7.18. The Morgan fingerprint density at radius 1 is 1.27 bits per heavy atom. The van der Waals surface area contributed by atoms with E-state index in [9.17, 15) is 14.4 Å². The topological polar surface area (TPSA) is 79.0 Å². The van der Waals surface area contributed by atoms with E-state index in [2.05, 4.69) is 5.32 Å². The van der Waals surface area contributed by atoms with Crippen LogP contribution >= 0.6 is 0 Å². The lowest BCUT2D eigenvalue weighted by molar-refractivity contribution is -0.142. The molecule has 0 radical (unpaired) electrons. The lowest BCUT2D eigenvalue weighted by atomic mass is 9.85. The number of carbonyl (C=O) groups excluding carboxylic acids is 3. The van der Waals surface area contributed by atoms with Crippen LogP contribution in [0.3, 0.4) is 0 Å². The zero-order valence-electron chi connectivity index (χ0n) is 14.9. The Morgan fingerprint density at radius 2 is 2.00 bits per heavy atom. The lowest BCUT2D eigenvalue weighted by Crippen LogP contribution is -2.58. The minimum absolute atomic E-state index is 0.0714. The van der Waals surface area contributed by atoms with Crippen LogP contribution in [0.4, 0.5) is 4.79 Å². The molecule has 138 valence electrons. The van der Waals surface area contributed by atoms with Gasteiger partial charge in [0.15, 0.2) is 0 Å². The largest absolute Gasteiger partial charge is 0.492 e. The zero-order valence-corrected chi connectivity index (χ0v) is 14.9. The molecule has 1 spiro atoms. The third-order valence-corrected chi connectivity index (χ3v) is 5.85. The van der Waals surface area contributed by atoms with Crippen molar-refractivity contribution in [2.75, 3.05) is 26.2 Å². The van der Waals surface area contributed by atoms with Crippen molar-refractivity contribution in [2.24, 2.45) is 5.92 Å². The average Bonchev–Trinajstić information content (AvgIpc) is 2.90. The van der Waals surface area contributed by atoms with E-state index in [0.717, 1.165) is 11.3 Å². The van der Waals surface area contributed by atoms with Crippen molar-refractivity contribution in [2.45, 2.75) is 31.7 Å². The fraction of sp³-hybridized carbons (Fsp3) is 0.526. The molecule has 2 fully saturated rings. The number of carbonyl (C=O) groups is 3. The number of nitrogens with one attached hydrogen (secondary N) is 1. The maximum atomic E-state index is 12.9. The molecule has 0 saturated carbocycles. The summed E-state index contributed by atoms with van der Waals surface area (Å²) in [6.07, 6.45) is 1.64. The smallest absolute Gasteiger partial charge is 0.325 e. The molecule has 7 nitrogen and oxygen atoms in total. The van der Waals surface area contributed by atoms with Crippen LogP contribution in [0.5, 0.6) is 5.75 Å². The molecule has 0 bridgehead atoms. The molecule has 2 saturated heterocycles. The molecule has 1 aromatic carbocycles. The fourth-order valence-corrected chi connectivity index (χ4v) is 4.38. The van der Waals surface area contributed by atoms with Crippen molar-refractivity contribution >= 4 is 17.8 Å². The van der Waals surface area contributed by atoms with Crippen molar-refractivity contribution < 1.29 is 19.1 Å². The minimum atomic E-state index is -0.793. The van der Waals surface area contributed by atoms with Gasteiger partial charge in [0.1, 0.15) is 17.9 Å². The van der Waals surface area contributed by atoms with Crippen molar-refractivity contribution in [3.63, 3.8) is 0 Å². The number of fused-ring (bicyclic) bond motifs is 1. The molecule has 3 heterocycles. The van der Waals surface area contributed by atoms with E-state index in [0.29, 0.717) is 45.5 Å². The highest BCUT2D eigenvalue weighted by molar-refractivity contribution is 6.07. The monoisotopic (exact) mass is 357 g/mol. The minimum Gasteiger partial charge on any atom is -0.492 e. The van der Waals surface area contributed by atoms with Gasteiger partial charge in [0.25, 0.3) is 5.91 Å². The summed E-state index contributed by atoms with van der Waals surface area (Å²) < 4.78 is 5.74. The van der Waals surface area contributed by atoms with E-state index in [1.807, 2.05) is 36.1 Å². The fourth-order valence-electron chi connectivity index (χ4n) is 4.38. The summed E-state index contributed by atoms with van der Waals surface area (Å²) in [4.78, 5) is 40.7. The van der Waals surface area contributed by atoms with Gasteiger partial charge in [-0.3, -0.25) is 14.9 Å². The first-order chi connectivity index (χ1) is 12.5. The summed E-state index contributed by atoms with van der Waals surface area (Å²) in [5, 5.41) is 2.42. The summed E-state index contributed by atoms with van der Waals surface area (Å²) >= 11 is 0. The van der Waals surface area contributed by atoms with Gasteiger partial charge in [-0.25, -0.2) is 4.79 Å². The van der Waals surface area contributed by atoms with Crippen molar-refractivity contribution in [1.82, 2.24) is 15.1 Å². The Balaban J connectivity index is 1.43. The van der Waals surface area contributed by atoms with Gasteiger partial charge in [-0.05, 0) is 37.8 Å². The van der Waals surface area contributed by atoms with Gasteiger partial charge in [-0.1, -0.05) is 18.2 Å². The van der Waals surface area contributed by atoms with E-state index < -0.39 is 5.54 Å². The number of para-hydroxylation sites is 1. The Labute approximate surface area is 152 Å². The Hall–Kier alpha value is -2.57. The molecule has 1 N–H and O–H groups in total. The highest BCUT2D eigenvalue weighted by Crippen LogP contribution is 2.34. The zero-order chi connectivity index (χ0) is 18.3. The number of likely N-dealkylation sites (N-methyl/N-ethyl adjacent to an activating group) is 1. The molecular formula is C19H23N3O4. The molecule has 1 aromatic rings. The van der Waals surface area contributed by atoms with Crippen LogP contribution < -0.4 is 10.1 Å². The molecule has 1 atom stereocenters. The maximum absolute atomic E-state index is 12.9. The second kappa shape index (κ2) is 6.30. The number of piperidine rings is 1. The van der Waals surface area contributed by atoms with Gasteiger partial charge in [0.05, 0.1) is 5.92 Å². The lowest BCUT2D eigenvalue weighted by Gasteiger charge is -2.42. The molecule has 26 heavy (non-hydrogen) atoms. The molecule has 0 aromatic heterocycles. The van der Waals surface area contributed by atoms with E-state index in [1.165, 1.54) is 0 Å². The summed E-state index contributed by atoms with van der Waals surface area (Å²) in [5.74, 6) is 0.502. The normalized spacial score (nSPS) is 24.3. The van der Waals surface area contributed by atoms with Gasteiger partial charge in [0.2, 0.25) is 5.91 Å². The van der Waals surface area contributed by atoms with E-state index in [-0.39, 0.29) is 23.8 Å². The molecule has 1 unspecified atom stereocenters. The van der Waals surface area contributed by atoms with Crippen LogP contribution in [-0.2, 0) is 16.0 Å². The highest BCUT2D eigenvalue weighted by Gasteiger charge is 2.53.